The molecule has 1 aromatic rings. The first-order valence-electron chi connectivity index (χ1n) is 6.36. The molecule has 0 saturated carbocycles. The fourth-order valence-corrected chi connectivity index (χ4v) is 2.16. The van der Waals surface area contributed by atoms with Crippen molar-refractivity contribution in [2.24, 2.45) is 5.92 Å². The Bertz CT molecular complexity index is 466. The van der Waals surface area contributed by atoms with E-state index >= 15 is 0 Å². The molecule has 0 radical (unpaired) electrons. The van der Waals surface area contributed by atoms with E-state index in [0.29, 0.717) is 12.5 Å². The summed E-state index contributed by atoms with van der Waals surface area (Å²) in [5.74, 6) is -0.929. The summed E-state index contributed by atoms with van der Waals surface area (Å²) in [6, 6.07) is 6.22. The molecule has 0 aliphatic carbocycles. The molecular formula is C14H17NO4. The average Bonchev–Trinajstić information content (AvgIpc) is 2.91. The van der Waals surface area contributed by atoms with Crippen LogP contribution in [-0.2, 0) is 4.74 Å². The number of amides is 1. The summed E-state index contributed by atoms with van der Waals surface area (Å²) in [5, 5.41) is 11.8. The fraction of sp³-hybridized carbons (Fsp3) is 0.429. The van der Waals surface area contributed by atoms with Crippen molar-refractivity contribution in [1.29, 1.82) is 0 Å². The summed E-state index contributed by atoms with van der Waals surface area (Å²) in [4.78, 5) is 23.0. The van der Waals surface area contributed by atoms with Gasteiger partial charge >= 0.3 is 5.97 Å². The van der Waals surface area contributed by atoms with Crippen LogP contribution >= 0.6 is 0 Å². The van der Waals surface area contributed by atoms with E-state index in [2.05, 4.69) is 5.32 Å². The molecule has 1 atom stereocenters. The molecule has 0 bridgehead atoms. The molecule has 19 heavy (non-hydrogen) atoms. The van der Waals surface area contributed by atoms with Gasteiger partial charge in [0.05, 0.1) is 11.1 Å². The van der Waals surface area contributed by atoms with Gasteiger partial charge in [-0.05, 0) is 30.9 Å². The van der Waals surface area contributed by atoms with E-state index in [1.165, 1.54) is 12.1 Å². The molecule has 102 valence electrons. The number of hydrogen-bond acceptors (Lipinski definition) is 3. The third kappa shape index (κ3) is 3.54. The van der Waals surface area contributed by atoms with Crippen LogP contribution in [-0.4, -0.2) is 36.7 Å². The van der Waals surface area contributed by atoms with E-state index in [1.54, 1.807) is 12.1 Å². The van der Waals surface area contributed by atoms with Crippen LogP contribution in [0.3, 0.4) is 0 Å². The summed E-state index contributed by atoms with van der Waals surface area (Å²) < 4.78 is 5.26. The first-order valence-corrected chi connectivity index (χ1v) is 6.36. The maximum Gasteiger partial charge on any atom is 0.336 e. The molecule has 1 fully saturated rings. The SMILES string of the molecule is O=C(O)c1ccccc1C(=O)NCCC1CCOC1. The quantitative estimate of drug-likeness (QED) is 0.845. The van der Waals surface area contributed by atoms with Crippen LogP contribution in [0.25, 0.3) is 0 Å². The van der Waals surface area contributed by atoms with Crippen LogP contribution in [0.4, 0.5) is 0 Å². The molecule has 1 aromatic carbocycles. The Morgan fingerprint density at radius 1 is 1.32 bits per heavy atom. The number of hydrogen-bond donors (Lipinski definition) is 2. The molecule has 0 aromatic heterocycles. The van der Waals surface area contributed by atoms with Crippen LogP contribution in [0, 0.1) is 5.92 Å². The number of benzene rings is 1. The minimum atomic E-state index is -1.09. The van der Waals surface area contributed by atoms with E-state index in [1.807, 2.05) is 0 Å². The highest BCUT2D eigenvalue weighted by molar-refractivity contribution is 6.04. The van der Waals surface area contributed by atoms with Gasteiger partial charge in [-0.1, -0.05) is 12.1 Å². The minimum absolute atomic E-state index is 0.0317. The number of aromatic carboxylic acids is 1. The number of carbonyl (C=O) groups excluding carboxylic acids is 1. The van der Waals surface area contributed by atoms with Crippen molar-refractivity contribution in [3.63, 3.8) is 0 Å². The van der Waals surface area contributed by atoms with Gasteiger partial charge in [0.1, 0.15) is 0 Å². The van der Waals surface area contributed by atoms with Crippen LogP contribution in [0.1, 0.15) is 33.6 Å². The standard InChI is InChI=1S/C14H17NO4/c16-13(15-7-5-10-6-8-19-9-10)11-3-1-2-4-12(11)14(17)18/h1-4,10H,5-9H2,(H,15,16)(H,17,18). The van der Waals surface area contributed by atoms with Gasteiger partial charge in [0.2, 0.25) is 0 Å². The molecule has 5 heteroatoms. The number of carboxylic acids is 1. The average molecular weight is 263 g/mol. The highest BCUT2D eigenvalue weighted by atomic mass is 16.5. The molecule has 1 amide bonds. The summed E-state index contributed by atoms with van der Waals surface area (Å²) in [6.07, 6.45) is 1.89. The number of ether oxygens (including phenoxy) is 1. The van der Waals surface area contributed by atoms with E-state index < -0.39 is 5.97 Å². The Balaban J connectivity index is 1.90. The van der Waals surface area contributed by atoms with Crippen molar-refractivity contribution >= 4 is 11.9 Å². The van der Waals surface area contributed by atoms with Crippen molar-refractivity contribution in [2.75, 3.05) is 19.8 Å². The second-order valence-electron chi connectivity index (χ2n) is 4.62. The lowest BCUT2D eigenvalue weighted by molar-refractivity contribution is 0.0691. The zero-order valence-electron chi connectivity index (χ0n) is 10.6. The predicted molar refractivity (Wildman–Crippen MR) is 69.3 cm³/mol. The molecule has 1 heterocycles. The molecule has 1 aliphatic rings. The summed E-state index contributed by atoms with van der Waals surface area (Å²) in [7, 11) is 0. The van der Waals surface area contributed by atoms with Crippen molar-refractivity contribution in [3.8, 4) is 0 Å². The van der Waals surface area contributed by atoms with Crippen LogP contribution in [0.15, 0.2) is 24.3 Å². The summed E-state index contributed by atoms with van der Waals surface area (Å²) in [5.41, 5.74) is 0.238. The number of rotatable bonds is 5. The molecule has 2 rings (SSSR count). The van der Waals surface area contributed by atoms with Gasteiger partial charge in [-0.3, -0.25) is 4.79 Å². The molecule has 2 N–H and O–H groups in total. The number of nitrogens with one attached hydrogen (secondary N) is 1. The maximum atomic E-state index is 11.9. The largest absolute Gasteiger partial charge is 0.478 e. The third-order valence-electron chi connectivity index (χ3n) is 3.26. The van der Waals surface area contributed by atoms with E-state index in [4.69, 9.17) is 9.84 Å². The van der Waals surface area contributed by atoms with E-state index in [9.17, 15) is 9.59 Å². The Kier molecular flexibility index (Phi) is 4.52. The van der Waals surface area contributed by atoms with Gasteiger partial charge in [0.15, 0.2) is 0 Å². The van der Waals surface area contributed by atoms with Gasteiger partial charge in [-0.25, -0.2) is 4.79 Å². The highest BCUT2D eigenvalue weighted by Crippen LogP contribution is 2.15. The highest BCUT2D eigenvalue weighted by Gasteiger charge is 2.17. The van der Waals surface area contributed by atoms with Crippen LogP contribution < -0.4 is 5.32 Å². The van der Waals surface area contributed by atoms with Gasteiger partial charge in [-0.15, -0.1) is 0 Å². The second-order valence-corrected chi connectivity index (χ2v) is 4.62. The Hall–Kier alpha value is -1.88. The Labute approximate surface area is 111 Å². The lowest BCUT2D eigenvalue weighted by Gasteiger charge is -2.10. The molecular weight excluding hydrogens is 246 g/mol. The van der Waals surface area contributed by atoms with Gasteiger partial charge < -0.3 is 15.2 Å². The first-order chi connectivity index (χ1) is 9.18. The lowest BCUT2D eigenvalue weighted by Crippen LogP contribution is -2.27. The zero-order chi connectivity index (χ0) is 13.7. The topological polar surface area (TPSA) is 75.6 Å². The predicted octanol–water partition coefficient (Wildman–Crippen LogP) is 1.54. The lowest BCUT2D eigenvalue weighted by atomic mass is 10.0. The van der Waals surface area contributed by atoms with E-state index in [0.717, 1.165) is 26.1 Å². The molecule has 1 aliphatic heterocycles. The van der Waals surface area contributed by atoms with Crippen molar-refractivity contribution in [2.45, 2.75) is 12.8 Å². The first kappa shape index (κ1) is 13.5. The van der Waals surface area contributed by atoms with Gasteiger partial charge in [0, 0.05) is 19.8 Å². The van der Waals surface area contributed by atoms with Crippen LogP contribution in [0.2, 0.25) is 0 Å². The molecule has 1 saturated heterocycles. The fourth-order valence-electron chi connectivity index (χ4n) is 2.16. The smallest absolute Gasteiger partial charge is 0.336 e. The van der Waals surface area contributed by atoms with E-state index in [-0.39, 0.29) is 17.0 Å². The minimum Gasteiger partial charge on any atom is -0.478 e. The van der Waals surface area contributed by atoms with Crippen molar-refractivity contribution in [3.05, 3.63) is 35.4 Å². The summed E-state index contributed by atoms with van der Waals surface area (Å²) in [6.45, 7) is 2.09. The van der Waals surface area contributed by atoms with Gasteiger partial charge in [0.25, 0.3) is 5.91 Å². The Morgan fingerprint density at radius 3 is 2.68 bits per heavy atom. The number of carboxylic acid groups (broad SMARTS) is 1. The molecule has 0 spiro atoms. The molecule has 5 nitrogen and oxygen atoms in total. The van der Waals surface area contributed by atoms with Crippen molar-refractivity contribution < 1.29 is 19.4 Å². The number of carbonyl (C=O) groups is 2. The maximum absolute atomic E-state index is 11.9. The molecule has 1 unspecified atom stereocenters. The monoisotopic (exact) mass is 263 g/mol. The van der Waals surface area contributed by atoms with Crippen molar-refractivity contribution in [1.82, 2.24) is 5.32 Å². The Morgan fingerprint density at radius 2 is 2.05 bits per heavy atom. The second kappa shape index (κ2) is 6.33. The third-order valence-corrected chi connectivity index (χ3v) is 3.26. The summed E-state index contributed by atoms with van der Waals surface area (Å²) >= 11 is 0. The zero-order valence-corrected chi connectivity index (χ0v) is 10.6. The van der Waals surface area contributed by atoms with Crippen LogP contribution in [0.5, 0.6) is 0 Å². The normalized spacial score (nSPS) is 18.2. The van der Waals surface area contributed by atoms with Gasteiger partial charge in [-0.2, -0.15) is 0 Å².